The van der Waals surface area contributed by atoms with Crippen LogP contribution >= 0.6 is 0 Å². The van der Waals surface area contributed by atoms with Crippen molar-refractivity contribution in [3.05, 3.63) is 106 Å². The molecule has 3 aromatic rings. The van der Waals surface area contributed by atoms with Crippen LogP contribution in [0.2, 0.25) is 0 Å². The van der Waals surface area contributed by atoms with Crippen LogP contribution in [-0.4, -0.2) is 28.3 Å². The lowest BCUT2D eigenvalue weighted by atomic mass is 9.94. The van der Waals surface area contributed by atoms with Gasteiger partial charge >= 0.3 is 0 Å². The molecule has 1 N–H and O–H groups in total. The topological polar surface area (TPSA) is 110 Å². The van der Waals surface area contributed by atoms with Gasteiger partial charge in [-0.05, 0) is 37.3 Å². The zero-order valence-electron chi connectivity index (χ0n) is 17.7. The lowest BCUT2D eigenvalue weighted by molar-refractivity contribution is -0.385. The van der Waals surface area contributed by atoms with Crippen LogP contribution in [0.15, 0.2) is 84.4 Å². The van der Waals surface area contributed by atoms with E-state index in [1.54, 1.807) is 60.7 Å². The number of amides is 1. The fraction of sp³-hybridized carbons (Fsp3) is 0.120. The minimum Gasteiger partial charge on any atom is -0.507 e. The van der Waals surface area contributed by atoms with E-state index in [0.29, 0.717) is 23.6 Å². The van der Waals surface area contributed by atoms with Gasteiger partial charge < -0.3 is 9.84 Å². The van der Waals surface area contributed by atoms with E-state index < -0.39 is 28.4 Å². The van der Waals surface area contributed by atoms with Crippen molar-refractivity contribution in [2.75, 3.05) is 11.5 Å². The van der Waals surface area contributed by atoms with Crippen molar-refractivity contribution in [2.45, 2.75) is 13.0 Å². The molecule has 0 radical (unpaired) electrons. The first-order chi connectivity index (χ1) is 15.9. The molecule has 0 spiro atoms. The van der Waals surface area contributed by atoms with Crippen LogP contribution in [0.4, 0.5) is 11.4 Å². The van der Waals surface area contributed by atoms with E-state index in [1.165, 1.54) is 23.1 Å². The number of carbonyl (C=O) groups is 2. The lowest BCUT2D eigenvalue weighted by Gasteiger charge is -2.25. The zero-order valence-corrected chi connectivity index (χ0v) is 17.7. The summed E-state index contributed by atoms with van der Waals surface area (Å²) in [5.74, 6) is -1.64. The van der Waals surface area contributed by atoms with Gasteiger partial charge in [-0.15, -0.1) is 0 Å². The number of carbonyl (C=O) groups excluding carboxylic acids is 2. The maximum absolute atomic E-state index is 13.2. The number of nitro groups is 1. The summed E-state index contributed by atoms with van der Waals surface area (Å²) in [6.07, 6.45) is 0. The first kappa shape index (κ1) is 21.8. The Labute approximate surface area is 189 Å². The SMILES string of the molecule is CCOc1ccc(N2C(=O)C(=O)C(=C(O)c3ccccc3)C2c2ccccc2[N+](=O)[O-])cc1. The van der Waals surface area contributed by atoms with Gasteiger partial charge in [-0.25, -0.2) is 0 Å². The zero-order chi connectivity index (χ0) is 23.5. The van der Waals surface area contributed by atoms with Gasteiger partial charge in [0.1, 0.15) is 17.6 Å². The molecule has 33 heavy (non-hydrogen) atoms. The molecule has 0 saturated carbocycles. The molecule has 1 fully saturated rings. The van der Waals surface area contributed by atoms with Crippen LogP contribution in [0.25, 0.3) is 5.76 Å². The van der Waals surface area contributed by atoms with Gasteiger partial charge in [-0.3, -0.25) is 24.6 Å². The van der Waals surface area contributed by atoms with E-state index in [9.17, 15) is 24.8 Å². The number of nitrogens with zero attached hydrogens (tertiary/aromatic N) is 2. The summed E-state index contributed by atoms with van der Waals surface area (Å²) in [5.41, 5.74) is 0.309. The monoisotopic (exact) mass is 444 g/mol. The molecule has 8 heteroatoms. The molecule has 1 saturated heterocycles. The summed E-state index contributed by atoms with van der Waals surface area (Å²) in [6, 6.07) is 19.5. The summed E-state index contributed by atoms with van der Waals surface area (Å²) in [4.78, 5) is 38.7. The highest BCUT2D eigenvalue weighted by atomic mass is 16.6. The molecule has 8 nitrogen and oxygen atoms in total. The Morgan fingerprint density at radius 1 is 1.00 bits per heavy atom. The number of ether oxygens (including phenoxy) is 1. The van der Waals surface area contributed by atoms with Crippen molar-refractivity contribution < 1.29 is 24.4 Å². The number of Topliss-reactive ketones (excluding diaryl/α,β-unsaturated/α-hetero) is 1. The number of anilines is 1. The molecule has 1 atom stereocenters. The second kappa shape index (κ2) is 8.96. The Bertz CT molecular complexity index is 1250. The highest BCUT2D eigenvalue weighted by molar-refractivity contribution is 6.51. The van der Waals surface area contributed by atoms with Gasteiger partial charge in [-0.1, -0.05) is 42.5 Å². The Hall–Kier alpha value is -4.46. The number of rotatable bonds is 6. The summed E-state index contributed by atoms with van der Waals surface area (Å²) in [6.45, 7) is 2.29. The highest BCUT2D eigenvalue weighted by Crippen LogP contribution is 2.44. The molecule has 1 aliphatic heterocycles. The fourth-order valence-corrected chi connectivity index (χ4v) is 3.90. The van der Waals surface area contributed by atoms with Crippen molar-refractivity contribution in [3.8, 4) is 5.75 Å². The van der Waals surface area contributed by atoms with Crippen LogP contribution in [0.1, 0.15) is 24.1 Å². The smallest absolute Gasteiger partial charge is 0.300 e. The number of aliphatic hydroxyl groups is 1. The first-order valence-electron chi connectivity index (χ1n) is 10.3. The maximum Gasteiger partial charge on any atom is 0.300 e. The molecule has 3 aromatic carbocycles. The van der Waals surface area contributed by atoms with Gasteiger partial charge in [0, 0.05) is 17.3 Å². The van der Waals surface area contributed by atoms with Crippen LogP contribution in [0, 0.1) is 10.1 Å². The predicted octanol–water partition coefficient (Wildman–Crippen LogP) is 4.62. The van der Waals surface area contributed by atoms with Crippen LogP contribution in [0.3, 0.4) is 0 Å². The van der Waals surface area contributed by atoms with Crippen LogP contribution in [0.5, 0.6) is 5.75 Å². The minimum absolute atomic E-state index is 0.119. The third kappa shape index (κ3) is 3.94. The van der Waals surface area contributed by atoms with E-state index in [1.807, 2.05) is 6.92 Å². The first-order valence-corrected chi connectivity index (χ1v) is 10.3. The number of para-hydroxylation sites is 1. The average Bonchev–Trinajstić information content (AvgIpc) is 3.10. The molecular weight excluding hydrogens is 424 g/mol. The third-order valence-corrected chi connectivity index (χ3v) is 5.35. The minimum atomic E-state index is -1.19. The second-order valence-electron chi connectivity index (χ2n) is 7.28. The van der Waals surface area contributed by atoms with Gasteiger partial charge in [0.05, 0.1) is 22.7 Å². The van der Waals surface area contributed by atoms with Crippen molar-refractivity contribution in [3.63, 3.8) is 0 Å². The van der Waals surface area contributed by atoms with E-state index in [4.69, 9.17) is 4.74 Å². The van der Waals surface area contributed by atoms with Crippen molar-refractivity contribution in [1.82, 2.24) is 0 Å². The number of benzene rings is 3. The Morgan fingerprint density at radius 2 is 1.64 bits per heavy atom. The molecular formula is C25H20N2O6. The number of nitro benzene ring substituents is 1. The predicted molar refractivity (Wildman–Crippen MR) is 122 cm³/mol. The molecule has 0 bridgehead atoms. The summed E-state index contributed by atoms with van der Waals surface area (Å²) >= 11 is 0. The molecule has 4 rings (SSSR count). The quantitative estimate of drug-likeness (QED) is 0.195. The Morgan fingerprint density at radius 3 is 2.27 bits per heavy atom. The standard InChI is InChI=1S/C25H20N2O6/c1-2-33-18-14-12-17(13-15-18)26-22(19-10-6-7-11-20(19)27(31)32)21(24(29)25(26)30)23(28)16-8-4-3-5-9-16/h3-15,22,28H,2H2,1H3. The fourth-order valence-electron chi connectivity index (χ4n) is 3.90. The lowest BCUT2D eigenvalue weighted by Crippen LogP contribution is -2.29. The van der Waals surface area contributed by atoms with E-state index in [2.05, 4.69) is 0 Å². The van der Waals surface area contributed by atoms with Crippen LogP contribution < -0.4 is 9.64 Å². The van der Waals surface area contributed by atoms with Gasteiger partial charge in [0.25, 0.3) is 17.4 Å². The molecule has 166 valence electrons. The van der Waals surface area contributed by atoms with Gasteiger partial charge in [0.2, 0.25) is 0 Å². The average molecular weight is 444 g/mol. The molecule has 1 heterocycles. The summed E-state index contributed by atoms with van der Waals surface area (Å²) in [5, 5.41) is 22.8. The number of aliphatic hydroxyl groups excluding tert-OH is 1. The number of ketones is 1. The molecule has 1 aliphatic rings. The number of hydrogen-bond donors (Lipinski definition) is 1. The van der Waals surface area contributed by atoms with Crippen LogP contribution in [-0.2, 0) is 9.59 Å². The second-order valence-corrected chi connectivity index (χ2v) is 7.28. The van der Waals surface area contributed by atoms with Crippen molar-refractivity contribution >= 4 is 28.8 Å². The molecule has 0 aliphatic carbocycles. The molecule has 1 unspecified atom stereocenters. The number of hydrogen-bond acceptors (Lipinski definition) is 6. The van der Waals surface area contributed by atoms with E-state index >= 15 is 0 Å². The normalized spacial score (nSPS) is 17.2. The van der Waals surface area contributed by atoms with E-state index in [-0.39, 0.29) is 16.8 Å². The highest BCUT2D eigenvalue weighted by Gasteiger charge is 2.48. The molecule has 0 aromatic heterocycles. The summed E-state index contributed by atoms with van der Waals surface area (Å²) < 4.78 is 5.44. The third-order valence-electron chi connectivity index (χ3n) is 5.35. The molecule has 1 amide bonds. The Kier molecular flexibility index (Phi) is 5.91. The maximum atomic E-state index is 13.2. The largest absolute Gasteiger partial charge is 0.507 e. The Balaban J connectivity index is 1.95. The van der Waals surface area contributed by atoms with E-state index in [0.717, 1.165) is 0 Å². The summed E-state index contributed by atoms with van der Waals surface area (Å²) in [7, 11) is 0. The van der Waals surface area contributed by atoms with Gasteiger partial charge in [0.15, 0.2) is 0 Å². The van der Waals surface area contributed by atoms with Crippen molar-refractivity contribution in [1.29, 1.82) is 0 Å². The van der Waals surface area contributed by atoms with Gasteiger partial charge in [-0.2, -0.15) is 0 Å². The van der Waals surface area contributed by atoms with Crippen molar-refractivity contribution in [2.24, 2.45) is 0 Å².